The van der Waals surface area contributed by atoms with Crippen LogP contribution in [0.15, 0.2) is 35.7 Å². The summed E-state index contributed by atoms with van der Waals surface area (Å²) < 4.78 is 38.3. The molecule has 2 atom stereocenters. The first kappa shape index (κ1) is 18.4. The summed E-state index contributed by atoms with van der Waals surface area (Å²) in [4.78, 5) is 15.0. The van der Waals surface area contributed by atoms with Crippen molar-refractivity contribution in [1.82, 2.24) is 4.90 Å². The second-order valence-electron chi connectivity index (χ2n) is 6.15. The van der Waals surface area contributed by atoms with Gasteiger partial charge in [-0.15, -0.1) is 11.3 Å². The van der Waals surface area contributed by atoms with Crippen LogP contribution in [0, 0.1) is 5.82 Å². The fraction of sp³-hybridized carbons (Fsp3) is 0.353. The summed E-state index contributed by atoms with van der Waals surface area (Å²) in [6.45, 7) is 1.87. The van der Waals surface area contributed by atoms with Crippen LogP contribution in [-0.2, 0) is 21.1 Å². The molecule has 134 valence electrons. The zero-order chi connectivity index (χ0) is 18.2. The van der Waals surface area contributed by atoms with Crippen LogP contribution < -0.4 is 0 Å². The van der Waals surface area contributed by atoms with Crippen LogP contribution in [0.4, 0.5) is 4.39 Å². The predicted octanol–water partition coefficient (Wildman–Crippen LogP) is 3.47. The minimum atomic E-state index is -3.30. The number of benzene rings is 1. The third kappa shape index (κ3) is 3.88. The van der Waals surface area contributed by atoms with Gasteiger partial charge >= 0.3 is 0 Å². The lowest BCUT2D eigenvalue weighted by Gasteiger charge is -2.37. The Morgan fingerprint density at radius 2 is 2.16 bits per heavy atom. The lowest BCUT2D eigenvalue weighted by molar-refractivity contribution is -0.132. The summed E-state index contributed by atoms with van der Waals surface area (Å²) in [6.07, 6.45) is 0.0571. The Labute approximate surface area is 155 Å². The van der Waals surface area contributed by atoms with Crippen molar-refractivity contribution in [2.75, 3.05) is 12.3 Å². The van der Waals surface area contributed by atoms with Gasteiger partial charge in [-0.2, -0.15) is 0 Å². The molecule has 1 aliphatic heterocycles. The molecule has 1 aromatic carbocycles. The van der Waals surface area contributed by atoms with Crippen molar-refractivity contribution in [3.63, 3.8) is 0 Å². The standard InChI is InChI=1S/C17H17ClFNO3S2/c1-11-10-25(22,23)16(15-3-2-6-24-15)9-20(11)17(21)8-12-4-5-14(19)13(18)7-12/h2-7,11,16H,8-10H2,1H3/t11-,16+/m1/s1. The maximum Gasteiger partial charge on any atom is 0.227 e. The highest BCUT2D eigenvalue weighted by molar-refractivity contribution is 7.91. The van der Waals surface area contributed by atoms with Crippen molar-refractivity contribution in [2.45, 2.75) is 24.6 Å². The fourth-order valence-corrected chi connectivity index (χ4v) is 6.44. The van der Waals surface area contributed by atoms with Gasteiger partial charge in [0.15, 0.2) is 9.84 Å². The summed E-state index contributed by atoms with van der Waals surface area (Å²) in [6, 6.07) is 7.36. The number of hydrogen-bond donors (Lipinski definition) is 0. The van der Waals surface area contributed by atoms with Gasteiger partial charge in [-0.25, -0.2) is 12.8 Å². The zero-order valence-electron chi connectivity index (χ0n) is 13.5. The van der Waals surface area contributed by atoms with Crippen LogP contribution in [0.1, 0.15) is 22.6 Å². The van der Waals surface area contributed by atoms with E-state index in [9.17, 15) is 17.6 Å². The van der Waals surface area contributed by atoms with Gasteiger partial charge in [-0.05, 0) is 36.1 Å². The topological polar surface area (TPSA) is 54.5 Å². The maximum atomic E-state index is 13.3. The highest BCUT2D eigenvalue weighted by atomic mass is 35.5. The minimum absolute atomic E-state index is 0.0315. The van der Waals surface area contributed by atoms with Gasteiger partial charge in [-0.1, -0.05) is 23.7 Å². The molecular formula is C17H17ClFNO3S2. The van der Waals surface area contributed by atoms with Gasteiger partial charge < -0.3 is 4.90 Å². The van der Waals surface area contributed by atoms with E-state index in [1.807, 2.05) is 5.38 Å². The van der Waals surface area contributed by atoms with Gasteiger partial charge in [0, 0.05) is 17.5 Å². The van der Waals surface area contributed by atoms with E-state index in [-0.39, 0.29) is 29.6 Å². The largest absolute Gasteiger partial charge is 0.337 e. The normalized spacial score (nSPS) is 22.8. The van der Waals surface area contributed by atoms with Crippen LogP contribution >= 0.6 is 22.9 Å². The van der Waals surface area contributed by atoms with Crippen LogP contribution in [-0.4, -0.2) is 37.6 Å². The summed E-state index contributed by atoms with van der Waals surface area (Å²) in [7, 11) is -3.30. The Morgan fingerprint density at radius 3 is 2.80 bits per heavy atom. The number of nitrogens with zero attached hydrogens (tertiary/aromatic N) is 1. The highest BCUT2D eigenvalue weighted by Gasteiger charge is 2.40. The highest BCUT2D eigenvalue weighted by Crippen LogP contribution is 2.33. The lowest BCUT2D eigenvalue weighted by atomic mass is 10.1. The molecule has 0 saturated carbocycles. The zero-order valence-corrected chi connectivity index (χ0v) is 15.9. The Bertz CT molecular complexity index is 883. The van der Waals surface area contributed by atoms with Crippen LogP contribution in [0.25, 0.3) is 0 Å². The number of amides is 1. The number of carbonyl (C=O) groups excluding carboxylic acids is 1. The smallest absolute Gasteiger partial charge is 0.227 e. The molecular weight excluding hydrogens is 385 g/mol. The van der Waals surface area contributed by atoms with E-state index < -0.39 is 26.9 Å². The monoisotopic (exact) mass is 401 g/mol. The molecule has 1 amide bonds. The van der Waals surface area contributed by atoms with E-state index in [1.165, 1.54) is 29.5 Å². The Morgan fingerprint density at radius 1 is 1.40 bits per heavy atom. The van der Waals surface area contributed by atoms with E-state index in [0.717, 1.165) is 4.88 Å². The molecule has 0 N–H and O–H groups in total. The molecule has 0 bridgehead atoms. The molecule has 25 heavy (non-hydrogen) atoms. The molecule has 1 saturated heterocycles. The number of rotatable bonds is 3. The van der Waals surface area contributed by atoms with Gasteiger partial charge in [0.05, 0.1) is 17.2 Å². The van der Waals surface area contributed by atoms with Crippen molar-refractivity contribution in [1.29, 1.82) is 0 Å². The maximum absolute atomic E-state index is 13.3. The summed E-state index contributed by atoms with van der Waals surface area (Å²) in [5, 5.41) is 1.11. The number of thiophene rings is 1. The van der Waals surface area contributed by atoms with Crippen LogP contribution in [0.5, 0.6) is 0 Å². The molecule has 0 spiro atoms. The molecule has 0 radical (unpaired) electrons. The van der Waals surface area contributed by atoms with E-state index >= 15 is 0 Å². The van der Waals surface area contributed by atoms with Gasteiger partial charge in [0.2, 0.25) is 5.91 Å². The molecule has 1 aromatic heterocycles. The molecule has 0 aliphatic carbocycles. The number of halogens is 2. The minimum Gasteiger partial charge on any atom is -0.337 e. The first-order chi connectivity index (χ1) is 11.8. The van der Waals surface area contributed by atoms with Crippen molar-refractivity contribution in [2.24, 2.45) is 0 Å². The third-order valence-electron chi connectivity index (χ3n) is 4.32. The van der Waals surface area contributed by atoms with Crippen LogP contribution in [0.2, 0.25) is 5.02 Å². The van der Waals surface area contributed by atoms with Crippen molar-refractivity contribution < 1.29 is 17.6 Å². The van der Waals surface area contributed by atoms with Crippen molar-refractivity contribution in [3.05, 3.63) is 57.0 Å². The van der Waals surface area contributed by atoms with E-state index in [0.29, 0.717) is 5.56 Å². The summed E-state index contributed by atoms with van der Waals surface area (Å²) >= 11 is 7.14. The predicted molar refractivity (Wildman–Crippen MR) is 97.1 cm³/mol. The van der Waals surface area contributed by atoms with Gasteiger partial charge in [0.1, 0.15) is 11.1 Å². The Kier molecular flexibility index (Phi) is 5.18. The number of hydrogen-bond acceptors (Lipinski definition) is 4. The van der Waals surface area contributed by atoms with E-state index in [4.69, 9.17) is 11.6 Å². The Balaban J connectivity index is 1.80. The van der Waals surface area contributed by atoms with Crippen molar-refractivity contribution >= 4 is 38.7 Å². The van der Waals surface area contributed by atoms with E-state index in [1.54, 1.807) is 24.0 Å². The molecule has 2 heterocycles. The summed E-state index contributed by atoms with van der Waals surface area (Å²) in [5.74, 6) is -0.787. The molecule has 0 unspecified atom stereocenters. The molecule has 1 fully saturated rings. The van der Waals surface area contributed by atoms with Gasteiger partial charge in [-0.3, -0.25) is 4.79 Å². The third-order valence-corrected chi connectivity index (χ3v) is 7.96. The fourth-order valence-electron chi connectivity index (χ4n) is 3.03. The van der Waals surface area contributed by atoms with Crippen LogP contribution in [0.3, 0.4) is 0 Å². The molecule has 3 rings (SSSR count). The van der Waals surface area contributed by atoms with Gasteiger partial charge in [0.25, 0.3) is 0 Å². The first-order valence-corrected chi connectivity index (χ1v) is 10.7. The lowest BCUT2D eigenvalue weighted by Crippen LogP contribution is -2.51. The second kappa shape index (κ2) is 7.05. The molecule has 2 aromatic rings. The average Bonchev–Trinajstić information content (AvgIpc) is 3.04. The SMILES string of the molecule is C[C@@H]1CS(=O)(=O)[C@H](c2cccs2)CN1C(=O)Cc1ccc(F)c(Cl)c1. The average molecular weight is 402 g/mol. The first-order valence-electron chi connectivity index (χ1n) is 7.76. The Hall–Kier alpha value is -1.44. The molecule has 8 heteroatoms. The second-order valence-corrected chi connectivity index (χ2v) is 9.77. The molecule has 1 aliphatic rings. The van der Waals surface area contributed by atoms with Crippen molar-refractivity contribution in [3.8, 4) is 0 Å². The van der Waals surface area contributed by atoms with E-state index in [2.05, 4.69) is 0 Å². The quantitative estimate of drug-likeness (QED) is 0.791. The summed E-state index contributed by atoms with van der Waals surface area (Å²) in [5.41, 5.74) is 0.602. The number of carbonyl (C=O) groups is 1. The molecule has 4 nitrogen and oxygen atoms in total. The number of sulfone groups is 1.